The van der Waals surface area contributed by atoms with Gasteiger partial charge in [-0.25, -0.2) is 0 Å². The fourth-order valence-corrected chi connectivity index (χ4v) is 3.07. The third kappa shape index (κ3) is 4.42. The summed E-state index contributed by atoms with van der Waals surface area (Å²) in [5, 5.41) is 0.600. The van der Waals surface area contributed by atoms with Crippen molar-refractivity contribution in [3.8, 4) is 11.5 Å². The third-order valence-corrected chi connectivity index (χ3v) is 4.66. The van der Waals surface area contributed by atoms with Crippen LogP contribution in [0.3, 0.4) is 0 Å². The Hall–Kier alpha value is -1.72. The minimum absolute atomic E-state index is 0.0593. The summed E-state index contributed by atoms with van der Waals surface area (Å²) in [6.45, 7) is 1.89. The second kappa shape index (κ2) is 8.40. The van der Waals surface area contributed by atoms with Crippen LogP contribution >= 0.6 is 27.5 Å². The number of nitrogens with zero attached hydrogens (tertiary/aromatic N) is 1. The maximum Gasteiger partial charge on any atom is 0.260 e. The predicted molar refractivity (Wildman–Crippen MR) is 98.8 cm³/mol. The van der Waals surface area contributed by atoms with Crippen LogP contribution in [0.5, 0.6) is 11.5 Å². The first-order valence-electron chi connectivity index (χ1n) is 7.40. The van der Waals surface area contributed by atoms with Gasteiger partial charge in [-0.05, 0) is 47.1 Å². The molecule has 6 heteroatoms. The zero-order valence-corrected chi connectivity index (χ0v) is 16.1. The van der Waals surface area contributed by atoms with Gasteiger partial charge in [0.2, 0.25) is 0 Å². The molecule has 1 atom stereocenters. The lowest BCUT2D eigenvalue weighted by Crippen LogP contribution is -2.33. The molecule has 2 aromatic carbocycles. The monoisotopic (exact) mass is 411 g/mol. The first-order chi connectivity index (χ1) is 11.4. The molecule has 4 nitrogen and oxygen atoms in total. The maximum absolute atomic E-state index is 12.4. The topological polar surface area (TPSA) is 38.8 Å². The number of ether oxygens (including phenoxy) is 2. The number of methoxy groups -OCH3 is 1. The highest BCUT2D eigenvalue weighted by atomic mass is 79.9. The maximum atomic E-state index is 12.4. The van der Waals surface area contributed by atoms with Crippen molar-refractivity contribution in [2.75, 3.05) is 20.8 Å². The van der Waals surface area contributed by atoms with Gasteiger partial charge in [0.25, 0.3) is 5.91 Å². The van der Waals surface area contributed by atoms with E-state index in [4.69, 9.17) is 21.1 Å². The van der Waals surface area contributed by atoms with Crippen molar-refractivity contribution >= 4 is 33.4 Å². The van der Waals surface area contributed by atoms with Gasteiger partial charge >= 0.3 is 0 Å². The average molecular weight is 413 g/mol. The first-order valence-corrected chi connectivity index (χ1v) is 8.57. The average Bonchev–Trinajstić information content (AvgIpc) is 2.59. The van der Waals surface area contributed by atoms with Gasteiger partial charge < -0.3 is 14.4 Å². The fraction of sp³-hybridized carbons (Fsp3) is 0.278. The lowest BCUT2D eigenvalue weighted by Gasteiger charge is -2.26. The van der Waals surface area contributed by atoms with E-state index in [0.717, 1.165) is 11.3 Å². The van der Waals surface area contributed by atoms with E-state index in [1.54, 1.807) is 37.3 Å². The van der Waals surface area contributed by atoms with Crippen LogP contribution in [0.4, 0.5) is 0 Å². The number of likely N-dealkylation sites (N-methyl/N-ethyl adjacent to an activating group) is 1. The molecular formula is C18H19BrClNO3. The summed E-state index contributed by atoms with van der Waals surface area (Å²) < 4.78 is 11.7. The zero-order chi connectivity index (χ0) is 17.7. The van der Waals surface area contributed by atoms with E-state index in [1.165, 1.54) is 0 Å². The Bertz CT molecular complexity index is 723. The number of carbonyl (C=O) groups is 1. The zero-order valence-electron chi connectivity index (χ0n) is 13.8. The van der Waals surface area contributed by atoms with Gasteiger partial charge in [0.1, 0.15) is 11.5 Å². The Morgan fingerprint density at radius 1 is 1.25 bits per heavy atom. The van der Waals surface area contributed by atoms with Gasteiger partial charge in [-0.3, -0.25) is 4.79 Å². The van der Waals surface area contributed by atoms with E-state index in [0.29, 0.717) is 15.2 Å². The molecule has 0 saturated heterocycles. The normalized spacial score (nSPS) is 11.7. The van der Waals surface area contributed by atoms with Crippen LogP contribution < -0.4 is 9.47 Å². The molecule has 24 heavy (non-hydrogen) atoms. The van der Waals surface area contributed by atoms with Crippen LogP contribution in [-0.4, -0.2) is 31.6 Å². The molecule has 1 amide bonds. The second-order valence-corrected chi connectivity index (χ2v) is 6.58. The SMILES string of the molecule is COc1ccccc1[C@H](C)N(C)C(=O)COc1ccc(Cl)cc1Br. The van der Waals surface area contributed by atoms with Crippen LogP contribution in [0.15, 0.2) is 46.9 Å². The molecule has 0 radical (unpaired) electrons. The number of rotatable bonds is 6. The number of amides is 1. The highest BCUT2D eigenvalue weighted by Gasteiger charge is 2.20. The van der Waals surface area contributed by atoms with E-state index in [2.05, 4.69) is 15.9 Å². The number of hydrogen-bond donors (Lipinski definition) is 0. The second-order valence-electron chi connectivity index (χ2n) is 5.29. The molecular weight excluding hydrogens is 394 g/mol. The van der Waals surface area contributed by atoms with Crippen molar-refractivity contribution < 1.29 is 14.3 Å². The first kappa shape index (κ1) is 18.6. The van der Waals surface area contributed by atoms with Gasteiger partial charge in [-0.15, -0.1) is 0 Å². The Balaban J connectivity index is 2.03. The van der Waals surface area contributed by atoms with Crippen LogP contribution in [-0.2, 0) is 4.79 Å². The van der Waals surface area contributed by atoms with Crippen molar-refractivity contribution in [3.63, 3.8) is 0 Å². The Kier molecular flexibility index (Phi) is 6.52. The smallest absolute Gasteiger partial charge is 0.260 e. The molecule has 0 unspecified atom stereocenters. The van der Waals surface area contributed by atoms with Crippen molar-refractivity contribution in [2.45, 2.75) is 13.0 Å². The van der Waals surface area contributed by atoms with Crippen LogP contribution in [0.2, 0.25) is 5.02 Å². The summed E-state index contributed by atoms with van der Waals surface area (Å²) in [5.41, 5.74) is 0.948. The van der Waals surface area contributed by atoms with Crippen molar-refractivity contribution in [1.82, 2.24) is 4.90 Å². The molecule has 0 aliphatic carbocycles. The highest BCUT2D eigenvalue weighted by molar-refractivity contribution is 9.10. The fourth-order valence-electron chi connectivity index (χ4n) is 2.27. The molecule has 2 rings (SSSR count). The van der Waals surface area contributed by atoms with E-state index < -0.39 is 0 Å². The minimum atomic E-state index is -0.133. The predicted octanol–water partition coefficient (Wildman–Crippen LogP) is 4.71. The molecule has 0 fully saturated rings. The van der Waals surface area contributed by atoms with Crippen LogP contribution in [0, 0.1) is 0 Å². The van der Waals surface area contributed by atoms with Gasteiger partial charge in [0.05, 0.1) is 17.6 Å². The van der Waals surface area contributed by atoms with E-state index in [-0.39, 0.29) is 18.6 Å². The minimum Gasteiger partial charge on any atom is -0.496 e. The Morgan fingerprint density at radius 2 is 1.96 bits per heavy atom. The number of para-hydroxylation sites is 1. The van der Waals surface area contributed by atoms with E-state index in [9.17, 15) is 4.79 Å². The lowest BCUT2D eigenvalue weighted by molar-refractivity contribution is -0.134. The number of benzene rings is 2. The van der Waals surface area contributed by atoms with Crippen molar-refractivity contribution in [1.29, 1.82) is 0 Å². The number of carbonyl (C=O) groups excluding carboxylic acids is 1. The summed E-state index contributed by atoms with van der Waals surface area (Å²) in [7, 11) is 3.37. The summed E-state index contributed by atoms with van der Waals surface area (Å²) in [4.78, 5) is 14.1. The lowest BCUT2D eigenvalue weighted by atomic mass is 10.1. The number of halogens is 2. The third-order valence-electron chi connectivity index (χ3n) is 3.81. The Labute approximate surface area is 155 Å². The standard InChI is InChI=1S/C18H19BrClNO3/c1-12(14-6-4-5-7-16(14)23-3)21(2)18(22)11-24-17-9-8-13(20)10-15(17)19/h4-10,12H,11H2,1-3H3/t12-/m0/s1. The van der Waals surface area contributed by atoms with Gasteiger partial charge in [-0.2, -0.15) is 0 Å². The van der Waals surface area contributed by atoms with E-state index in [1.807, 2.05) is 31.2 Å². The van der Waals surface area contributed by atoms with Crippen LogP contribution in [0.1, 0.15) is 18.5 Å². The van der Waals surface area contributed by atoms with Gasteiger partial charge in [-0.1, -0.05) is 29.8 Å². The molecule has 2 aromatic rings. The summed E-state index contributed by atoms with van der Waals surface area (Å²) in [6.07, 6.45) is 0. The summed E-state index contributed by atoms with van der Waals surface area (Å²) in [6, 6.07) is 12.7. The number of hydrogen-bond acceptors (Lipinski definition) is 3. The molecule has 128 valence electrons. The Morgan fingerprint density at radius 3 is 2.62 bits per heavy atom. The van der Waals surface area contributed by atoms with Crippen molar-refractivity contribution in [3.05, 3.63) is 57.5 Å². The molecule has 0 aliphatic rings. The largest absolute Gasteiger partial charge is 0.496 e. The van der Waals surface area contributed by atoms with Gasteiger partial charge in [0, 0.05) is 17.6 Å². The molecule has 0 saturated carbocycles. The van der Waals surface area contributed by atoms with E-state index >= 15 is 0 Å². The van der Waals surface area contributed by atoms with Gasteiger partial charge in [0.15, 0.2) is 6.61 Å². The van der Waals surface area contributed by atoms with Crippen molar-refractivity contribution in [2.24, 2.45) is 0 Å². The summed E-state index contributed by atoms with van der Waals surface area (Å²) in [5.74, 6) is 1.20. The molecule has 0 heterocycles. The molecule has 0 spiro atoms. The summed E-state index contributed by atoms with van der Waals surface area (Å²) >= 11 is 9.26. The van der Waals surface area contributed by atoms with Crippen LogP contribution in [0.25, 0.3) is 0 Å². The molecule has 0 aliphatic heterocycles. The molecule has 0 N–H and O–H groups in total. The highest BCUT2D eigenvalue weighted by Crippen LogP contribution is 2.29. The molecule has 0 bridgehead atoms. The quantitative estimate of drug-likeness (QED) is 0.690. The molecule has 0 aromatic heterocycles.